The number of aromatic amines is 1. The Kier molecular flexibility index (Phi) is 6.29. The predicted octanol–water partition coefficient (Wildman–Crippen LogP) is 4.45. The number of amides is 1. The van der Waals surface area contributed by atoms with Crippen molar-refractivity contribution in [3.63, 3.8) is 0 Å². The number of aliphatic hydroxyl groups is 1. The van der Waals surface area contributed by atoms with Gasteiger partial charge in [-0.3, -0.25) is 19.7 Å². The maximum atomic E-state index is 13.2. The second-order valence-electron chi connectivity index (χ2n) is 8.86. The number of ketones is 1. The Morgan fingerprint density at radius 3 is 2.45 bits per heavy atom. The summed E-state index contributed by atoms with van der Waals surface area (Å²) < 4.78 is 5.33. The molecule has 0 radical (unpaired) electrons. The zero-order valence-electron chi connectivity index (χ0n) is 20.2. The number of carbonyl (C=O) groups is 2. The molecular weight excluding hydrogens is 490 g/mol. The average Bonchev–Trinajstić information content (AvgIpc) is 3.44. The highest BCUT2D eigenvalue weighted by Gasteiger charge is 2.45. The molecule has 1 atom stereocenters. The summed E-state index contributed by atoms with van der Waals surface area (Å²) >= 11 is 0. The van der Waals surface area contributed by atoms with Crippen LogP contribution in [0.15, 0.2) is 78.5 Å². The van der Waals surface area contributed by atoms with E-state index in [0.29, 0.717) is 17.7 Å². The van der Waals surface area contributed by atoms with Gasteiger partial charge in [0.2, 0.25) is 0 Å². The largest absolute Gasteiger partial charge is 0.508 e. The molecule has 0 saturated carbocycles. The molecule has 0 spiro atoms. The molecule has 1 aliphatic rings. The molecular formula is C28H23N3O7. The van der Waals surface area contributed by atoms with Gasteiger partial charge in [-0.15, -0.1) is 0 Å². The zero-order chi connectivity index (χ0) is 27.0. The number of H-pyrrole nitrogens is 1. The molecule has 10 heteroatoms. The van der Waals surface area contributed by atoms with Crippen LogP contribution in [0, 0.1) is 10.1 Å². The number of nitrogens with one attached hydrogen (secondary N) is 1. The van der Waals surface area contributed by atoms with Gasteiger partial charge in [-0.05, 0) is 60.0 Å². The minimum Gasteiger partial charge on any atom is -0.508 e. The summed E-state index contributed by atoms with van der Waals surface area (Å²) in [6, 6.07) is 15.8. The Hall–Kier alpha value is -5.12. The first kappa shape index (κ1) is 24.6. The van der Waals surface area contributed by atoms with Crippen molar-refractivity contribution in [2.75, 3.05) is 13.7 Å². The number of phenols is 1. The van der Waals surface area contributed by atoms with Gasteiger partial charge in [0, 0.05) is 41.3 Å². The van der Waals surface area contributed by atoms with E-state index in [1.54, 1.807) is 19.2 Å². The van der Waals surface area contributed by atoms with Crippen molar-refractivity contribution in [2.24, 2.45) is 0 Å². The smallest absolute Gasteiger partial charge is 0.295 e. The number of ether oxygens (including phenoxy) is 1. The summed E-state index contributed by atoms with van der Waals surface area (Å²) in [4.78, 5) is 41.5. The van der Waals surface area contributed by atoms with Crippen molar-refractivity contribution in [1.82, 2.24) is 9.88 Å². The number of aliphatic hydroxyl groups excluding tert-OH is 1. The number of rotatable bonds is 7. The Labute approximate surface area is 216 Å². The highest BCUT2D eigenvalue weighted by Crippen LogP contribution is 2.40. The number of methoxy groups -OCH3 is 1. The lowest BCUT2D eigenvalue weighted by Crippen LogP contribution is -2.31. The molecule has 1 unspecified atom stereocenters. The van der Waals surface area contributed by atoms with Crippen molar-refractivity contribution < 1.29 is 29.5 Å². The third kappa shape index (κ3) is 4.32. The minimum atomic E-state index is -0.925. The monoisotopic (exact) mass is 513 g/mol. The van der Waals surface area contributed by atoms with Crippen molar-refractivity contribution in [3.05, 3.63) is 105 Å². The second kappa shape index (κ2) is 9.74. The predicted molar refractivity (Wildman–Crippen MR) is 139 cm³/mol. The number of nitro groups is 1. The van der Waals surface area contributed by atoms with Crippen molar-refractivity contribution in [2.45, 2.75) is 12.5 Å². The highest BCUT2D eigenvalue weighted by molar-refractivity contribution is 6.46. The summed E-state index contributed by atoms with van der Waals surface area (Å²) in [5.41, 5.74) is 2.20. The van der Waals surface area contributed by atoms with Crippen LogP contribution < -0.4 is 4.74 Å². The van der Waals surface area contributed by atoms with Crippen LogP contribution in [0.2, 0.25) is 0 Å². The van der Waals surface area contributed by atoms with E-state index >= 15 is 0 Å². The maximum Gasteiger partial charge on any atom is 0.295 e. The van der Waals surface area contributed by atoms with Crippen LogP contribution >= 0.6 is 0 Å². The number of phenolic OH excluding ortho intramolecular Hbond substituents is 1. The number of fused-ring (bicyclic) bond motifs is 1. The third-order valence-electron chi connectivity index (χ3n) is 6.70. The zero-order valence-corrected chi connectivity index (χ0v) is 20.2. The van der Waals surface area contributed by atoms with Crippen LogP contribution in [0.4, 0.5) is 5.69 Å². The average molecular weight is 514 g/mol. The molecule has 1 fully saturated rings. The standard InChI is InChI=1S/C28H23N3O7/c1-38-21-10-11-23-22(14-21)18(15-29-23)12-13-30-25(16-4-8-20(32)9-5-16)24(27(34)28(30)35)26(33)17-2-6-19(7-3-17)31(36)37/h2-11,14-15,25,29,32-33H,12-13H2,1H3/b26-24-. The molecule has 2 heterocycles. The lowest BCUT2D eigenvalue weighted by Gasteiger charge is -2.25. The molecule has 38 heavy (non-hydrogen) atoms. The van der Waals surface area contributed by atoms with E-state index in [9.17, 15) is 29.9 Å². The van der Waals surface area contributed by atoms with E-state index in [0.717, 1.165) is 16.5 Å². The number of hydrogen-bond donors (Lipinski definition) is 3. The molecule has 192 valence electrons. The maximum absolute atomic E-state index is 13.2. The lowest BCUT2D eigenvalue weighted by atomic mass is 9.95. The summed E-state index contributed by atoms with van der Waals surface area (Å²) in [6.45, 7) is 0.164. The number of aromatic nitrogens is 1. The van der Waals surface area contributed by atoms with Crippen LogP contribution in [0.25, 0.3) is 16.7 Å². The number of benzene rings is 3. The molecule has 10 nitrogen and oxygen atoms in total. The molecule has 3 aromatic carbocycles. The van der Waals surface area contributed by atoms with Gasteiger partial charge in [0.05, 0.1) is 23.6 Å². The molecule has 3 N–H and O–H groups in total. The van der Waals surface area contributed by atoms with Crippen LogP contribution in [0.1, 0.15) is 22.7 Å². The van der Waals surface area contributed by atoms with Crippen molar-refractivity contribution in [3.8, 4) is 11.5 Å². The summed E-state index contributed by atoms with van der Waals surface area (Å²) in [5, 5.41) is 32.9. The van der Waals surface area contributed by atoms with Gasteiger partial charge < -0.3 is 24.8 Å². The fourth-order valence-corrected chi connectivity index (χ4v) is 4.74. The number of nitrogens with zero attached hydrogens (tertiary/aromatic N) is 2. The molecule has 0 bridgehead atoms. The first-order valence-corrected chi connectivity index (χ1v) is 11.7. The molecule has 5 rings (SSSR count). The summed E-state index contributed by atoms with van der Waals surface area (Å²) in [6.07, 6.45) is 2.25. The molecule has 0 aliphatic carbocycles. The van der Waals surface area contributed by atoms with Gasteiger partial charge in [0.1, 0.15) is 17.3 Å². The van der Waals surface area contributed by atoms with Crippen LogP contribution in [-0.4, -0.2) is 50.4 Å². The van der Waals surface area contributed by atoms with Gasteiger partial charge >= 0.3 is 0 Å². The van der Waals surface area contributed by atoms with E-state index in [1.807, 2.05) is 24.4 Å². The van der Waals surface area contributed by atoms with E-state index in [2.05, 4.69) is 4.98 Å². The Bertz CT molecular complexity index is 1590. The van der Waals surface area contributed by atoms with E-state index in [-0.39, 0.29) is 29.1 Å². The van der Waals surface area contributed by atoms with E-state index in [4.69, 9.17) is 4.74 Å². The van der Waals surface area contributed by atoms with Gasteiger partial charge in [0.15, 0.2) is 0 Å². The molecule has 1 amide bonds. The number of likely N-dealkylation sites (tertiary alicyclic amines) is 1. The first-order chi connectivity index (χ1) is 18.3. The van der Waals surface area contributed by atoms with Gasteiger partial charge in [-0.2, -0.15) is 0 Å². The quantitative estimate of drug-likeness (QED) is 0.109. The van der Waals surface area contributed by atoms with E-state index < -0.39 is 28.4 Å². The number of aromatic hydroxyl groups is 1. The Morgan fingerprint density at radius 1 is 1.08 bits per heavy atom. The van der Waals surface area contributed by atoms with E-state index in [1.165, 1.54) is 41.3 Å². The molecule has 1 aromatic heterocycles. The minimum absolute atomic E-state index is 0.00816. The number of carbonyl (C=O) groups excluding carboxylic acids is 2. The van der Waals surface area contributed by atoms with Gasteiger partial charge in [0.25, 0.3) is 17.4 Å². The number of hydrogen-bond acceptors (Lipinski definition) is 7. The summed E-state index contributed by atoms with van der Waals surface area (Å²) in [5.74, 6) is -1.38. The topological polar surface area (TPSA) is 146 Å². The van der Waals surface area contributed by atoms with Gasteiger partial charge in [-0.25, -0.2) is 0 Å². The normalized spacial score (nSPS) is 16.8. The Morgan fingerprint density at radius 2 is 1.79 bits per heavy atom. The number of Topliss-reactive ketones (excluding diaryl/α,β-unsaturated/α-hetero) is 1. The highest BCUT2D eigenvalue weighted by atomic mass is 16.6. The SMILES string of the molecule is COc1ccc2[nH]cc(CCN3C(=O)C(=O)/C(=C(\O)c4ccc([N+](=O)[O-])cc4)C3c3ccc(O)cc3)c2c1. The summed E-state index contributed by atoms with van der Waals surface area (Å²) in [7, 11) is 1.58. The molecule has 1 aliphatic heterocycles. The third-order valence-corrected chi connectivity index (χ3v) is 6.70. The fourth-order valence-electron chi connectivity index (χ4n) is 4.74. The van der Waals surface area contributed by atoms with Gasteiger partial charge in [-0.1, -0.05) is 12.1 Å². The fraction of sp³-hybridized carbons (Fsp3) is 0.143. The lowest BCUT2D eigenvalue weighted by molar-refractivity contribution is -0.384. The number of non-ortho nitro benzene ring substituents is 1. The first-order valence-electron chi connectivity index (χ1n) is 11.7. The Balaban J connectivity index is 1.54. The van der Waals surface area contributed by atoms with Crippen LogP contribution in [-0.2, 0) is 16.0 Å². The number of nitro benzene ring substituents is 1. The van der Waals surface area contributed by atoms with Crippen molar-refractivity contribution in [1.29, 1.82) is 0 Å². The molecule has 4 aromatic rings. The van der Waals surface area contributed by atoms with Crippen LogP contribution in [0.5, 0.6) is 11.5 Å². The van der Waals surface area contributed by atoms with Crippen molar-refractivity contribution >= 4 is 34.0 Å². The second-order valence-corrected chi connectivity index (χ2v) is 8.86. The molecule has 1 saturated heterocycles. The van der Waals surface area contributed by atoms with Crippen LogP contribution in [0.3, 0.4) is 0 Å².